The molecule has 0 saturated heterocycles. The van der Waals surface area contributed by atoms with E-state index in [1.54, 1.807) is 25.3 Å². The Morgan fingerprint density at radius 1 is 1.37 bits per heavy atom. The maximum Gasteiger partial charge on any atom is 0.355 e. The second kappa shape index (κ2) is 6.41. The number of aromatic nitrogens is 1. The molecule has 1 aliphatic rings. The molecule has 1 aliphatic carbocycles. The molecule has 0 spiro atoms. The highest BCUT2D eigenvalue weighted by Gasteiger charge is 2.22. The molecule has 1 aromatic rings. The molecule has 1 fully saturated rings. The van der Waals surface area contributed by atoms with Gasteiger partial charge >= 0.3 is 5.97 Å². The second-order valence-electron chi connectivity index (χ2n) is 4.97. The average Bonchev–Trinajstić information content (AvgIpc) is 2.93. The van der Waals surface area contributed by atoms with Crippen molar-refractivity contribution in [2.45, 2.75) is 51.2 Å². The van der Waals surface area contributed by atoms with Crippen LogP contribution in [0.4, 0.5) is 0 Å². The lowest BCUT2D eigenvalue weighted by Gasteiger charge is -2.24. The van der Waals surface area contributed by atoms with Crippen molar-refractivity contribution in [3.8, 4) is 0 Å². The largest absolute Gasteiger partial charge is 0.448 e. The highest BCUT2D eigenvalue weighted by molar-refractivity contribution is 5.90. The number of H-pyrrole nitrogens is 1. The number of aromatic amines is 1. The minimum Gasteiger partial charge on any atom is -0.448 e. The fourth-order valence-corrected chi connectivity index (χ4v) is 2.30. The van der Waals surface area contributed by atoms with Crippen LogP contribution in [-0.2, 0) is 9.53 Å². The van der Waals surface area contributed by atoms with Crippen LogP contribution in [0.2, 0.25) is 0 Å². The van der Waals surface area contributed by atoms with E-state index in [1.807, 2.05) is 0 Å². The van der Waals surface area contributed by atoms with E-state index in [2.05, 4.69) is 10.3 Å². The fraction of sp³-hybridized carbons (Fsp3) is 0.571. The van der Waals surface area contributed by atoms with E-state index in [0.717, 1.165) is 25.7 Å². The van der Waals surface area contributed by atoms with Crippen molar-refractivity contribution in [3.63, 3.8) is 0 Å². The van der Waals surface area contributed by atoms with E-state index in [0.29, 0.717) is 5.69 Å². The highest BCUT2D eigenvalue weighted by Crippen LogP contribution is 2.17. The van der Waals surface area contributed by atoms with Gasteiger partial charge in [0.25, 0.3) is 5.91 Å². The van der Waals surface area contributed by atoms with Gasteiger partial charge in [-0.3, -0.25) is 4.79 Å². The standard InChI is InChI=1S/C14H20N2O3/c1-10(19-14(18)12-8-5-9-15-12)13(17)16-11-6-3-2-4-7-11/h5,8-11,15H,2-4,6-7H2,1H3,(H,16,17)/t10-/m1/s1. The molecule has 0 aromatic carbocycles. The predicted octanol–water partition coefficient (Wildman–Crippen LogP) is 2.01. The Morgan fingerprint density at radius 2 is 2.11 bits per heavy atom. The number of hydrogen-bond acceptors (Lipinski definition) is 3. The monoisotopic (exact) mass is 264 g/mol. The van der Waals surface area contributed by atoms with Crippen molar-refractivity contribution in [1.29, 1.82) is 0 Å². The van der Waals surface area contributed by atoms with Crippen LogP contribution in [0.3, 0.4) is 0 Å². The summed E-state index contributed by atoms with van der Waals surface area (Å²) in [5.41, 5.74) is 0.359. The molecule has 2 rings (SSSR count). The molecule has 1 atom stereocenters. The summed E-state index contributed by atoms with van der Waals surface area (Å²) >= 11 is 0. The first-order chi connectivity index (χ1) is 9.16. The lowest BCUT2D eigenvalue weighted by Crippen LogP contribution is -2.42. The number of nitrogens with one attached hydrogen (secondary N) is 2. The molecule has 0 unspecified atom stereocenters. The lowest BCUT2D eigenvalue weighted by atomic mass is 9.95. The van der Waals surface area contributed by atoms with Gasteiger partial charge in [0.2, 0.25) is 0 Å². The third-order valence-corrected chi connectivity index (χ3v) is 3.42. The molecule has 0 bridgehead atoms. The Kier molecular flexibility index (Phi) is 4.60. The van der Waals surface area contributed by atoms with Crippen LogP contribution < -0.4 is 5.32 Å². The Bertz CT molecular complexity index is 422. The van der Waals surface area contributed by atoms with Gasteiger partial charge in [0.15, 0.2) is 6.10 Å². The van der Waals surface area contributed by atoms with Crippen molar-refractivity contribution < 1.29 is 14.3 Å². The van der Waals surface area contributed by atoms with Gasteiger partial charge in [-0.25, -0.2) is 4.79 Å². The SMILES string of the molecule is C[C@@H](OC(=O)c1ccc[nH]1)C(=O)NC1CCCCC1. The summed E-state index contributed by atoms with van der Waals surface area (Å²) in [7, 11) is 0. The minimum atomic E-state index is -0.766. The summed E-state index contributed by atoms with van der Waals surface area (Å²) in [4.78, 5) is 26.4. The molecular formula is C14H20N2O3. The van der Waals surface area contributed by atoms with Crippen molar-refractivity contribution in [3.05, 3.63) is 24.0 Å². The molecule has 19 heavy (non-hydrogen) atoms. The number of rotatable bonds is 4. The number of carbonyl (C=O) groups excluding carboxylic acids is 2. The zero-order valence-electron chi connectivity index (χ0n) is 11.1. The van der Waals surface area contributed by atoms with Crippen LogP contribution in [0.25, 0.3) is 0 Å². The third kappa shape index (κ3) is 3.84. The van der Waals surface area contributed by atoms with E-state index in [1.165, 1.54) is 6.42 Å². The second-order valence-corrected chi connectivity index (χ2v) is 4.97. The van der Waals surface area contributed by atoms with Gasteiger partial charge in [-0.2, -0.15) is 0 Å². The van der Waals surface area contributed by atoms with Crippen LogP contribution in [0.5, 0.6) is 0 Å². The van der Waals surface area contributed by atoms with Gasteiger partial charge in [-0.15, -0.1) is 0 Å². The first-order valence-corrected chi connectivity index (χ1v) is 6.81. The van der Waals surface area contributed by atoms with Gasteiger partial charge in [0.1, 0.15) is 5.69 Å². The number of ether oxygens (including phenoxy) is 1. The van der Waals surface area contributed by atoms with Gasteiger partial charge in [0, 0.05) is 12.2 Å². The minimum absolute atomic E-state index is 0.216. The van der Waals surface area contributed by atoms with E-state index < -0.39 is 12.1 Å². The van der Waals surface area contributed by atoms with Crippen LogP contribution in [0, 0.1) is 0 Å². The molecule has 0 aliphatic heterocycles. The van der Waals surface area contributed by atoms with Gasteiger partial charge in [-0.1, -0.05) is 19.3 Å². The van der Waals surface area contributed by atoms with Crippen molar-refractivity contribution in [2.75, 3.05) is 0 Å². The third-order valence-electron chi connectivity index (χ3n) is 3.42. The summed E-state index contributed by atoms with van der Waals surface area (Å²) in [5, 5.41) is 2.94. The van der Waals surface area contributed by atoms with E-state index in [-0.39, 0.29) is 11.9 Å². The zero-order valence-corrected chi connectivity index (χ0v) is 11.1. The van der Waals surface area contributed by atoms with E-state index in [9.17, 15) is 9.59 Å². The van der Waals surface area contributed by atoms with Gasteiger partial charge in [0.05, 0.1) is 0 Å². The first kappa shape index (κ1) is 13.6. The van der Waals surface area contributed by atoms with Crippen LogP contribution >= 0.6 is 0 Å². The molecule has 1 amide bonds. The van der Waals surface area contributed by atoms with Crippen LogP contribution in [-0.4, -0.2) is 29.0 Å². The average molecular weight is 264 g/mol. The summed E-state index contributed by atoms with van der Waals surface area (Å²) in [6, 6.07) is 3.56. The van der Waals surface area contributed by atoms with Gasteiger partial charge < -0.3 is 15.0 Å². The van der Waals surface area contributed by atoms with Crippen molar-refractivity contribution in [2.24, 2.45) is 0 Å². The summed E-state index contributed by atoms with van der Waals surface area (Å²) in [6.45, 7) is 1.60. The molecular weight excluding hydrogens is 244 g/mol. The molecule has 1 heterocycles. The lowest BCUT2D eigenvalue weighted by molar-refractivity contribution is -0.130. The topological polar surface area (TPSA) is 71.2 Å². The maximum absolute atomic E-state index is 11.9. The number of amides is 1. The Balaban J connectivity index is 1.80. The first-order valence-electron chi connectivity index (χ1n) is 6.81. The summed E-state index contributed by atoms with van der Waals surface area (Å²) in [5.74, 6) is -0.719. The quantitative estimate of drug-likeness (QED) is 0.817. The van der Waals surface area contributed by atoms with Crippen LogP contribution in [0.15, 0.2) is 18.3 Å². The molecule has 1 saturated carbocycles. The maximum atomic E-state index is 11.9. The van der Waals surface area contributed by atoms with Crippen molar-refractivity contribution >= 4 is 11.9 Å². The zero-order chi connectivity index (χ0) is 13.7. The molecule has 5 heteroatoms. The molecule has 5 nitrogen and oxygen atoms in total. The molecule has 0 radical (unpaired) electrons. The summed E-state index contributed by atoms with van der Waals surface area (Å²) in [6.07, 6.45) is 6.46. The van der Waals surface area contributed by atoms with E-state index >= 15 is 0 Å². The number of hydrogen-bond donors (Lipinski definition) is 2. The van der Waals surface area contributed by atoms with Crippen molar-refractivity contribution in [1.82, 2.24) is 10.3 Å². The Hall–Kier alpha value is -1.78. The molecule has 1 aromatic heterocycles. The Morgan fingerprint density at radius 3 is 2.74 bits per heavy atom. The normalized spacial score (nSPS) is 17.7. The predicted molar refractivity (Wildman–Crippen MR) is 70.7 cm³/mol. The summed E-state index contributed by atoms with van der Waals surface area (Å²) < 4.78 is 5.12. The smallest absolute Gasteiger partial charge is 0.355 e. The van der Waals surface area contributed by atoms with Gasteiger partial charge in [-0.05, 0) is 31.9 Å². The highest BCUT2D eigenvalue weighted by atomic mass is 16.5. The number of esters is 1. The van der Waals surface area contributed by atoms with Crippen LogP contribution in [0.1, 0.15) is 49.5 Å². The Labute approximate surface area is 112 Å². The molecule has 104 valence electrons. The number of carbonyl (C=O) groups is 2. The fourth-order valence-electron chi connectivity index (χ4n) is 2.30. The van der Waals surface area contributed by atoms with E-state index in [4.69, 9.17) is 4.74 Å². The molecule has 2 N–H and O–H groups in total.